The Bertz CT molecular complexity index is 454. The zero-order valence-corrected chi connectivity index (χ0v) is 10.8. The first-order valence-electron chi connectivity index (χ1n) is 5.81. The number of nitrogen functional groups attached to an aromatic ring is 1. The molecule has 0 radical (unpaired) electrons. The molecule has 0 saturated carbocycles. The summed E-state index contributed by atoms with van der Waals surface area (Å²) < 4.78 is 1.34. The predicted molar refractivity (Wildman–Crippen MR) is 67.8 cm³/mol. The lowest BCUT2D eigenvalue weighted by Gasteiger charge is -2.16. The highest BCUT2D eigenvalue weighted by atomic mass is 16.2. The molecule has 7 nitrogen and oxygen atoms in total. The summed E-state index contributed by atoms with van der Waals surface area (Å²) in [5.74, 6) is -0.886. The minimum Gasteiger partial charge on any atom is -0.396 e. The van der Waals surface area contributed by atoms with Crippen LogP contribution >= 0.6 is 0 Å². The molecule has 5 N–H and O–H groups in total. The lowest BCUT2D eigenvalue weighted by Crippen LogP contribution is -2.37. The zero-order chi connectivity index (χ0) is 13.9. The van der Waals surface area contributed by atoms with E-state index >= 15 is 0 Å². The van der Waals surface area contributed by atoms with Gasteiger partial charge in [-0.05, 0) is 20.3 Å². The number of nitrogens with zero attached hydrogens (tertiary/aromatic N) is 2. The van der Waals surface area contributed by atoms with Crippen LogP contribution in [0.3, 0.4) is 0 Å². The summed E-state index contributed by atoms with van der Waals surface area (Å²) >= 11 is 0. The SMILES string of the molecule is CCC(C)NC(=O)C(C)n1cc(N)c(C(N)=O)n1. The fourth-order valence-corrected chi connectivity index (χ4v) is 1.38. The van der Waals surface area contributed by atoms with Gasteiger partial charge in [0.15, 0.2) is 5.69 Å². The summed E-state index contributed by atoms with van der Waals surface area (Å²) in [5.41, 5.74) is 10.9. The van der Waals surface area contributed by atoms with E-state index < -0.39 is 11.9 Å². The van der Waals surface area contributed by atoms with Crippen molar-refractivity contribution in [1.29, 1.82) is 0 Å². The van der Waals surface area contributed by atoms with Crippen molar-refractivity contribution in [2.75, 3.05) is 5.73 Å². The van der Waals surface area contributed by atoms with Crippen molar-refractivity contribution in [1.82, 2.24) is 15.1 Å². The molecule has 100 valence electrons. The number of carbonyl (C=O) groups is 2. The number of carbonyl (C=O) groups excluding carboxylic acids is 2. The molecule has 0 aromatic carbocycles. The van der Waals surface area contributed by atoms with Crippen LogP contribution in [0, 0.1) is 0 Å². The van der Waals surface area contributed by atoms with Crippen LogP contribution in [0.1, 0.15) is 43.7 Å². The van der Waals surface area contributed by atoms with Crippen LogP contribution < -0.4 is 16.8 Å². The number of hydrogen-bond donors (Lipinski definition) is 3. The van der Waals surface area contributed by atoms with Gasteiger partial charge >= 0.3 is 0 Å². The molecule has 1 aromatic heterocycles. The van der Waals surface area contributed by atoms with E-state index in [0.29, 0.717) is 0 Å². The molecule has 0 saturated heterocycles. The Balaban J connectivity index is 2.84. The summed E-state index contributed by atoms with van der Waals surface area (Å²) in [6, 6.07) is -0.460. The average Bonchev–Trinajstić information content (AvgIpc) is 2.70. The fourth-order valence-electron chi connectivity index (χ4n) is 1.38. The van der Waals surface area contributed by atoms with Gasteiger partial charge in [-0.15, -0.1) is 0 Å². The molecule has 0 spiro atoms. The molecule has 7 heteroatoms. The van der Waals surface area contributed by atoms with E-state index in [1.165, 1.54) is 10.9 Å². The summed E-state index contributed by atoms with van der Waals surface area (Å²) in [6.45, 7) is 5.57. The van der Waals surface area contributed by atoms with Gasteiger partial charge in [0.05, 0.1) is 5.69 Å². The molecule has 0 fully saturated rings. The minimum atomic E-state index is -0.708. The third kappa shape index (κ3) is 2.99. The van der Waals surface area contributed by atoms with E-state index in [-0.39, 0.29) is 23.3 Å². The maximum atomic E-state index is 11.9. The predicted octanol–water partition coefficient (Wildman–Crippen LogP) is 0.0399. The van der Waals surface area contributed by atoms with Crippen molar-refractivity contribution < 1.29 is 9.59 Å². The molecule has 0 aliphatic heterocycles. The number of nitrogens with one attached hydrogen (secondary N) is 1. The molecule has 0 bridgehead atoms. The van der Waals surface area contributed by atoms with E-state index in [1.54, 1.807) is 6.92 Å². The second-order valence-electron chi connectivity index (χ2n) is 4.27. The van der Waals surface area contributed by atoms with Crippen LogP contribution in [0.5, 0.6) is 0 Å². The van der Waals surface area contributed by atoms with Crippen molar-refractivity contribution in [3.05, 3.63) is 11.9 Å². The van der Waals surface area contributed by atoms with Gasteiger partial charge in [0.25, 0.3) is 5.91 Å². The van der Waals surface area contributed by atoms with Crippen LogP contribution in [0.2, 0.25) is 0 Å². The van der Waals surface area contributed by atoms with Crippen LogP contribution in [0.25, 0.3) is 0 Å². The highest BCUT2D eigenvalue weighted by Crippen LogP contribution is 2.13. The van der Waals surface area contributed by atoms with Crippen LogP contribution in [0.4, 0.5) is 5.69 Å². The third-order valence-corrected chi connectivity index (χ3v) is 2.77. The van der Waals surface area contributed by atoms with E-state index in [9.17, 15) is 9.59 Å². The molecular weight excluding hydrogens is 234 g/mol. The van der Waals surface area contributed by atoms with Gasteiger partial charge in [0, 0.05) is 12.2 Å². The Morgan fingerprint density at radius 3 is 2.56 bits per heavy atom. The normalized spacial score (nSPS) is 13.9. The van der Waals surface area contributed by atoms with E-state index in [1.807, 2.05) is 13.8 Å². The lowest BCUT2D eigenvalue weighted by molar-refractivity contribution is -0.124. The number of nitrogens with two attached hydrogens (primary N) is 2. The van der Waals surface area contributed by atoms with Gasteiger partial charge < -0.3 is 16.8 Å². The zero-order valence-electron chi connectivity index (χ0n) is 10.8. The number of primary amides is 1. The summed E-state index contributed by atoms with van der Waals surface area (Å²) in [7, 11) is 0. The van der Waals surface area contributed by atoms with Crippen molar-refractivity contribution in [2.45, 2.75) is 39.3 Å². The van der Waals surface area contributed by atoms with Crippen molar-refractivity contribution in [3.8, 4) is 0 Å². The smallest absolute Gasteiger partial charge is 0.271 e. The van der Waals surface area contributed by atoms with E-state index in [4.69, 9.17) is 11.5 Å². The highest BCUT2D eigenvalue weighted by molar-refractivity contribution is 5.95. The summed E-state index contributed by atoms with van der Waals surface area (Å²) in [5, 5.41) is 6.75. The standard InChI is InChI=1S/C11H19N5O2/c1-4-6(2)14-11(18)7(3)16-5-8(12)9(15-16)10(13)17/h5-7H,4,12H2,1-3H3,(H2,13,17)(H,14,18). The van der Waals surface area contributed by atoms with Crippen LogP contribution in [-0.4, -0.2) is 27.6 Å². The van der Waals surface area contributed by atoms with Crippen molar-refractivity contribution >= 4 is 17.5 Å². The molecule has 18 heavy (non-hydrogen) atoms. The van der Waals surface area contributed by atoms with Gasteiger partial charge in [0.2, 0.25) is 5.91 Å². The molecule has 1 rings (SSSR count). The fraction of sp³-hybridized carbons (Fsp3) is 0.545. The topological polar surface area (TPSA) is 116 Å². The molecule has 2 amide bonds. The Morgan fingerprint density at radius 1 is 1.50 bits per heavy atom. The van der Waals surface area contributed by atoms with Gasteiger partial charge in [-0.1, -0.05) is 6.92 Å². The average molecular weight is 253 g/mol. The number of amides is 2. The Kier molecular flexibility index (Phi) is 4.30. The number of aromatic nitrogens is 2. The maximum Gasteiger partial charge on any atom is 0.271 e. The molecule has 2 unspecified atom stereocenters. The maximum absolute atomic E-state index is 11.9. The van der Waals surface area contributed by atoms with E-state index in [2.05, 4.69) is 10.4 Å². The van der Waals surface area contributed by atoms with Gasteiger partial charge in [-0.3, -0.25) is 14.3 Å². The first-order valence-corrected chi connectivity index (χ1v) is 5.81. The Labute approximate surface area is 106 Å². The number of hydrogen-bond acceptors (Lipinski definition) is 4. The number of anilines is 1. The quantitative estimate of drug-likeness (QED) is 0.686. The first-order chi connectivity index (χ1) is 8.36. The molecule has 1 aromatic rings. The monoisotopic (exact) mass is 253 g/mol. The first kappa shape index (κ1) is 14.0. The Morgan fingerprint density at radius 2 is 2.11 bits per heavy atom. The lowest BCUT2D eigenvalue weighted by atomic mass is 10.2. The largest absolute Gasteiger partial charge is 0.396 e. The second-order valence-corrected chi connectivity index (χ2v) is 4.27. The summed E-state index contributed by atoms with van der Waals surface area (Å²) in [4.78, 5) is 22.9. The van der Waals surface area contributed by atoms with Crippen LogP contribution in [-0.2, 0) is 4.79 Å². The van der Waals surface area contributed by atoms with Gasteiger partial charge in [0.1, 0.15) is 6.04 Å². The Hall–Kier alpha value is -2.05. The molecule has 0 aliphatic rings. The second kappa shape index (κ2) is 5.52. The minimum absolute atomic E-state index is 0.0156. The van der Waals surface area contributed by atoms with Crippen molar-refractivity contribution in [3.63, 3.8) is 0 Å². The van der Waals surface area contributed by atoms with Gasteiger partial charge in [-0.25, -0.2) is 0 Å². The van der Waals surface area contributed by atoms with Crippen LogP contribution in [0.15, 0.2) is 6.20 Å². The highest BCUT2D eigenvalue weighted by Gasteiger charge is 2.20. The third-order valence-electron chi connectivity index (χ3n) is 2.77. The molecule has 1 heterocycles. The van der Waals surface area contributed by atoms with Gasteiger partial charge in [-0.2, -0.15) is 5.10 Å². The van der Waals surface area contributed by atoms with Crippen molar-refractivity contribution in [2.24, 2.45) is 5.73 Å². The molecular formula is C11H19N5O2. The molecule has 2 atom stereocenters. The number of rotatable bonds is 5. The van der Waals surface area contributed by atoms with E-state index in [0.717, 1.165) is 6.42 Å². The molecule has 0 aliphatic carbocycles. The summed E-state index contributed by atoms with van der Waals surface area (Å²) in [6.07, 6.45) is 2.27.